The third-order valence-corrected chi connectivity index (χ3v) is 2.40. The normalized spacial score (nSPS) is 11.4. The third kappa shape index (κ3) is 5.31. The summed E-state index contributed by atoms with van der Waals surface area (Å²) in [6.45, 7) is 1.80. The van der Waals surface area contributed by atoms with E-state index in [0.717, 1.165) is 14.2 Å². The molecule has 0 aliphatic heterocycles. The number of carbonyl (C=O) groups excluding carboxylic acids is 1. The second kappa shape index (κ2) is 6.92. The number of ether oxygens (including phenoxy) is 1. The molecule has 0 amide bonds. The van der Waals surface area contributed by atoms with Crippen molar-refractivity contribution in [2.75, 3.05) is 27.0 Å². The predicted molar refractivity (Wildman–Crippen MR) is 45.3 cm³/mol. The van der Waals surface area contributed by atoms with Crippen molar-refractivity contribution >= 4 is 13.6 Å². The van der Waals surface area contributed by atoms with Gasteiger partial charge >= 0.3 is 13.6 Å². The van der Waals surface area contributed by atoms with Gasteiger partial charge in [-0.05, 0) is 6.92 Å². The predicted octanol–water partition coefficient (Wildman–Crippen LogP) is 0.899. The molecule has 0 atom stereocenters. The zero-order chi connectivity index (χ0) is 11.0. The van der Waals surface area contributed by atoms with Crippen LogP contribution in [0.1, 0.15) is 6.92 Å². The van der Waals surface area contributed by atoms with Gasteiger partial charge in [0.05, 0.1) is 20.8 Å². The maximum atomic E-state index is 11.5. The Hall–Kier alpha value is -0.460. The number of hydrogen-bond acceptors (Lipinski definition) is 7. The molecule has 0 heterocycles. The van der Waals surface area contributed by atoms with Crippen molar-refractivity contribution in [2.45, 2.75) is 6.92 Å². The van der Waals surface area contributed by atoms with E-state index in [1.165, 1.54) is 0 Å². The zero-order valence-electron chi connectivity index (χ0n) is 8.22. The van der Waals surface area contributed by atoms with Crippen LogP contribution in [0.5, 0.6) is 0 Å². The van der Waals surface area contributed by atoms with E-state index in [1.807, 2.05) is 0 Å². The summed E-state index contributed by atoms with van der Waals surface area (Å²) < 4.78 is 24.6. The molecule has 0 aromatic heterocycles. The van der Waals surface area contributed by atoms with E-state index in [4.69, 9.17) is 0 Å². The highest BCUT2D eigenvalue weighted by molar-refractivity contribution is 7.54. The first-order chi connectivity index (χ1) is 6.58. The standard InChI is InChI=1S/C6H13O7P/c1-4-11-6(7)5-14(8,12-9-2)13-10-3/h4-5H2,1-3H3. The molecule has 8 heteroatoms. The van der Waals surface area contributed by atoms with Crippen LogP contribution in [0.15, 0.2) is 0 Å². The van der Waals surface area contributed by atoms with Crippen molar-refractivity contribution in [3.05, 3.63) is 0 Å². The van der Waals surface area contributed by atoms with Gasteiger partial charge in [0.2, 0.25) is 0 Å². The summed E-state index contributed by atoms with van der Waals surface area (Å²) in [6, 6.07) is 0. The van der Waals surface area contributed by atoms with Gasteiger partial charge in [-0.2, -0.15) is 0 Å². The Morgan fingerprint density at radius 3 is 2.07 bits per heavy atom. The van der Waals surface area contributed by atoms with Crippen LogP contribution in [0, 0.1) is 0 Å². The molecular formula is C6H13O7P. The topological polar surface area (TPSA) is 80.3 Å². The van der Waals surface area contributed by atoms with Gasteiger partial charge in [-0.1, -0.05) is 0 Å². The van der Waals surface area contributed by atoms with Gasteiger partial charge in [-0.15, -0.1) is 9.35 Å². The molecule has 0 bridgehead atoms. The lowest BCUT2D eigenvalue weighted by molar-refractivity contribution is -0.242. The largest absolute Gasteiger partial charge is 0.465 e. The molecule has 84 valence electrons. The van der Waals surface area contributed by atoms with Gasteiger partial charge in [0.25, 0.3) is 0 Å². The Morgan fingerprint density at radius 2 is 1.71 bits per heavy atom. The fourth-order valence-electron chi connectivity index (χ4n) is 0.657. The minimum atomic E-state index is -3.72. The van der Waals surface area contributed by atoms with Crippen molar-refractivity contribution in [1.29, 1.82) is 0 Å². The molecule has 0 radical (unpaired) electrons. The van der Waals surface area contributed by atoms with E-state index in [2.05, 4.69) is 23.9 Å². The number of esters is 1. The molecule has 0 saturated carbocycles. The first-order valence-corrected chi connectivity index (χ1v) is 5.50. The molecule has 0 N–H and O–H groups in total. The lowest BCUT2D eigenvalue weighted by atomic mass is 10.8. The Balaban J connectivity index is 4.21. The molecule has 7 nitrogen and oxygen atoms in total. The lowest BCUT2D eigenvalue weighted by Gasteiger charge is -2.12. The molecule has 0 spiro atoms. The first kappa shape index (κ1) is 13.5. The fourth-order valence-corrected chi connectivity index (χ4v) is 1.65. The van der Waals surface area contributed by atoms with Crippen LogP contribution in [0.25, 0.3) is 0 Å². The number of hydrogen-bond donors (Lipinski definition) is 0. The molecule has 0 aromatic carbocycles. The average molecular weight is 228 g/mol. The monoisotopic (exact) mass is 228 g/mol. The van der Waals surface area contributed by atoms with Gasteiger partial charge in [-0.25, -0.2) is 9.78 Å². The summed E-state index contributed by atoms with van der Waals surface area (Å²) in [6.07, 6.45) is -0.567. The van der Waals surface area contributed by atoms with E-state index in [9.17, 15) is 9.36 Å². The van der Waals surface area contributed by atoms with Gasteiger partial charge in [0.15, 0.2) is 6.16 Å². The second-order valence-electron chi connectivity index (χ2n) is 2.06. The molecule has 0 fully saturated rings. The van der Waals surface area contributed by atoms with Crippen LogP contribution in [-0.4, -0.2) is 33.0 Å². The van der Waals surface area contributed by atoms with Gasteiger partial charge in [0.1, 0.15) is 0 Å². The van der Waals surface area contributed by atoms with Gasteiger partial charge in [-0.3, -0.25) is 9.36 Å². The van der Waals surface area contributed by atoms with Crippen LogP contribution < -0.4 is 0 Å². The Kier molecular flexibility index (Phi) is 6.69. The van der Waals surface area contributed by atoms with Crippen molar-refractivity contribution in [3.8, 4) is 0 Å². The fraction of sp³-hybridized carbons (Fsp3) is 0.833. The molecule has 0 aliphatic carbocycles. The Labute approximate surface area is 81.6 Å². The molecule has 0 unspecified atom stereocenters. The van der Waals surface area contributed by atoms with E-state index in [-0.39, 0.29) is 6.61 Å². The maximum absolute atomic E-state index is 11.5. The maximum Gasteiger partial charge on any atom is 0.395 e. The van der Waals surface area contributed by atoms with Crippen LogP contribution in [0.3, 0.4) is 0 Å². The minimum absolute atomic E-state index is 0.179. The van der Waals surface area contributed by atoms with Crippen molar-refractivity contribution in [2.24, 2.45) is 0 Å². The quantitative estimate of drug-likeness (QED) is 0.277. The number of carbonyl (C=O) groups is 1. The van der Waals surface area contributed by atoms with Gasteiger partial charge < -0.3 is 4.74 Å². The molecule has 0 aliphatic rings. The summed E-state index contributed by atoms with van der Waals surface area (Å²) in [5, 5.41) is 0. The summed E-state index contributed by atoms with van der Waals surface area (Å²) in [4.78, 5) is 19.3. The minimum Gasteiger partial charge on any atom is -0.465 e. The molecular weight excluding hydrogens is 215 g/mol. The van der Waals surface area contributed by atoms with E-state index >= 15 is 0 Å². The van der Waals surface area contributed by atoms with Gasteiger partial charge in [0, 0.05) is 0 Å². The average Bonchev–Trinajstić information content (AvgIpc) is 2.04. The second-order valence-corrected chi connectivity index (χ2v) is 3.89. The lowest BCUT2D eigenvalue weighted by Crippen LogP contribution is -2.12. The smallest absolute Gasteiger partial charge is 0.395 e. The van der Waals surface area contributed by atoms with Crippen molar-refractivity contribution in [3.63, 3.8) is 0 Å². The van der Waals surface area contributed by atoms with Crippen molar-refractivity contribution < 1.29 is 33.2 Å². The third-order valence-electron chi connectivity index (χ3n) is 1.00. The Morgan fingerprint density at radius 1 is 1.21 bits per heavy atom. The number of rotatable bonds is 7. The molecule has 0 saturated heterocycles. The van der Waals surface area contributed by atoms with Crippen LogP contribution in [-0.2, 0) is 33.2 Å². The Bertz CT molecular complexity index is 206. The van der Waals surface area contributed by atoms with Crippen LogP contribution in [0.4, 0.5) is 0 Å². The molecule has 0 rings (SSSR count). The summed E-state index contributed by atoms with van der Waals surface area (Å²) in [7, 11) is -1.45. The molecule has 0 aromatic rings. The zero-order valence-corrected chi connectivity index (χ0v) is 9.11. The highest BCUT2D eigenvalue weighted by Crippen LogP contribution is 2.48. The summed E-state index contributed by atoms with van der Waals surface area (Å²) in [5.74, 6) is -0.718. The summed E-state index contributed by atoms with van der Waals surface area (Å²) in [5.41, 5.74) is 0. The van der Waals surface area contributed by atoms with Crippen molar-refractivity contribution in [1.82, 2.24) is 0 Å². The SMILES string of the molecule is CCOC(=O)CP(=O)(OOC)OOC. The summed E-state index contributed by atoms with van der Waals surface area (Å²) >= 11 is 0. The molecule has 14 heavy (non-hydrogen) atoms. The first-order valence-electron chi connectivity index (χ1n) is 3.77. The van der Waals surface area contributed by atoms with E-state index < -0.39 is 19.7 Å². The van der Waals surface area contributed by atoms with E-state index in [0.29, 0.717) is 0 Å². The van der Waals surface area contributed by atoms with E-state index in [1.54, 1.807) is 6.92 Å². The van der Waals surface area contributed by atoms with Crippen LogP contribution >= 0.6 is 7.60 Å². The highest BCUT2D eigenvalue weighted by atomic mass is 31.2. The van der Waals surface area contributed by atoms with Crippen LogP contribution in [0.2, 0.25) is 0 Å². The highest BCUT2D eigenvalue weighted by Gasteiger charge is 2.31.